The van der Waals surface area contributed by atoms with E-state index >= 15 is 0 Å². The molecule has 0 aliphatic carbocycles. The maximum Gasteiger partial charge on any atom is 0.354 e. The second-order valence-corrected chi connectivity index (χ2v) is 5.95. The first kappa shape index (κ1) is 17.6. The molecule has 0 radical (unpaired) electrons. The van der Waals surface area contributed by atoms with E-state index in [9.17, 15) is 14.0 Å². The molecule has 0 fully saturated rings. The first-order valence-corrected chi connectivity index (χ1v) is 8.27. The summed E-state index contributed by atoms with van der Waals surface area (Å²) in [6.07, 6.45) is 0. The lowest BCUT2D eigenvalue weighted by Gasteiger charge is -2.15. The Balaban J connectivity index is 2.08. The molecule has 2 aromatic carbocycles. The number of aromatic nitrogens is 3. The molecule has 0 aliphatic rings. The maximum atomic E-state index is 13.1. The van der Waals surface area contributed by atoms with Crippen molar-refractivity contribution in [3.05, 3.63) is 86.4 Å². The van der Waals surface area contributed by atoms with Crippen LogP contribution in [0.5, 0.6) is 0 Å². The Morgan fingerprint density at radius 2 is 1.81 bits per heavy atom. The number of hydrogen-bond acceptors (Lipinski definition) is 4. The summed E-state index contributed by atoms with van der Waals surface area (Å²) in [6, 6.07) is 13.4. The Labute approximate surface area is 149 Å². The summed E-state index contributed by atoms with van der Waals surface area (Å²) in [5.41, 5.74) is 1.40. The molecule has 3 rings (SSSR count). The third-order valence-corrected chi connectivity index (χ3v) is 3.99. The number of rotatable bonds is 5. The number of benzene rings is 2. The zero-order chi connectivity index (χ0) is 18.7. The average molecular weight is 354 g/mol. The van der Waals surface area contributed by atoms with Crippen LogP contribution in [0.15, 0.2) is 58.1 Å². The van der Waals surface area contributed by atoms with Crippen molar-refractivity contribution in [2.24, 2.45) is 0 Å². The molecule has 7 heteroatoms. The van der Waals surface area contributed by atoms with Crippen LogP contribution in [0.4, 0.5) is 16.0 Å². The highest BCUT2D eigenvalue weighted by atomic mass is 19.1. The van der Waals surface area contributed by atoms with Crippen LogP contribution in [-0.2, 0) is 13.1 Å². The number of halogens is 1. The molecule has 6 nitrogen and oxygen atoms in total. The molecule has 0 spiro atoms. The highest BCUT2D eigenvalue weighted by Crippen LogP contribution is 2.15. The lowest BCUT2D eigenvalue weighted by Crippen LogP contribution is -2.42. The van der Waals surface area contributed by atoms with Gasteiger partial charge in [-0.1, -0.05) is 24.3 Å². The lowest BCUT2D eigenvalue weighted by atomic mass is 10.2. The van der Waals surface area contributed by atoms with Crippen LogP contribution in [0.25, 0.3) is 0 Å². The first-order chi connectivity index (χ1) is 12.5. The van der Waals surface area contributed by atoms with Gasteiger partial charge in [-0.25, -0.2) is 18.5 Å². The molecule has 0 atom stereocenters. The van der Waals surface area contributed by atoms with Gasteiger partial charge in [0.15, 0.2) is 0 Å². The molecule has 26 heavy (non-hydrogen) atoms. The van der Waals surface area contributed by atoms with Gasteiger partial charge < -0.3 is 5.32 Å². The van der Waals surface area contributed by atoms with E-state index in [2.05, 4.69) is 10.3 Å². The fraction of sp³-hybridized carbons (Fsp3) is 0.211. The Morgan fingerprint density at radius 3 is 2.46 bits per heavy atom. The fourth-order valence-electron chi connectivity index (χ4n) is 2.66. The molecule has 0 amide bonds. The monoisotopic (exact) mass is 354 g/mol. The predicted molar refractivity (Wildman–Crippen MR) is 98.4 cm³/mol. The topological polar surface area (TPSA) is 68.9 Å². The van der Waals surface area contributed by atoms with Crippen LogP contribution in [0.2, 0.25) is 0 Å². The third-order valence-electron chi connectivity index (χ3n) is 3.99. The average Bonchev–Trinajstić information content (AvgIpc) is 2.60. The minimum atomic E-state index is -0.608. The van der Waals surface area contributed by atoms with Crippen molar-refractivity contribution in [1.82, 2.24) is 14.1 Å². The molecule has 1 heterocycles. The zero-order valence-electron chi connectivity index (χ0n) is 14.6. The molecule has 0 unspecified atom stereocenters. The summed E-state index contributed by atoms with van der Waals surface area (Å²) in [6.45, 7) is 4.04. The van der Waals surface area contributed by atoms with Crippen molar-refractivity contribution >= 4 is 11.6 Å². The fourth-order valence-corrected chi connectivity index (χ4v) is 2.66. The summed E-state index contributed by atoms with van der Waals surface area (Å²) in [4.78, 5) is 28.9. The van der Waals surface area contributed by atoms with E-state index < -0.39 is 11.4 Å². The van der Waals surface area contributed by atoms with Crippen molar-refractivity contribution in [3.8, 4) is 0 Å². The van der Waals surface area contributed by atoms with E-state index in [1.807, 2.05) is 31.2 Å². The lowest BCUT2D eigenvalue weighted by molar-refractivity contribution is 0.575. The summed E-state index contributed by atoms with van der Waals surface area (Å²) in [5, 5.41) is 3.04. The molecule has 3 aromatic rings. The van der Waals surface area contributed by atoms with Crippen molar-refractivity contribution in [2.45, 2.75) is 26.9 Å². The van der Waals surface area contributed by atoms with Gasteiger partial charge in [-0.05, 0) is 49.2 Å². The van der Waals surface area contributed by atoms with Gasteiger partial charge in [0.2, 0.25) is 5.95 Å². The molecule has 1 N–H and O–H groups in total. The van der Waals surface area contributed by atoms with Gasteiger partial charge in [0.25, 0.3) is 0 Å². The van der Waals surface area contributed by atoms with Crippen LogP contribution >= 0.6 is 0 Å². The minimum absolute atomic E-state index is 0.152. The summed E-state index contributed by atoms with van der Waals surface area (Å²) >= 11 is 0. The van der Waals surface area contributed by atoms with Gasteiger partial charge in [-0.15, -0.1) is 0 Å². The van der Waals surface area contributed by atoms with Gasteiger partial charge in [0.1, 0.15) is 5.82 Å². The SMILES string of the molecule is CCn1c(=O)nc(Nc2cccc(C)c2)n(Cc2ccc(F)cc2)c1=O. The van der Waals surface area contributed by atoms with E-state index in [4.69, 9.17) is 0 Å². The van der Waals surface area contributed by atoms with Gasteiger partial charge in [0, 0.05) is 12.2 Å². The van der Waals surface area contributed by atoms with E-state index in [-0.39, 0.29) is 24.9 Å². The number of hydrogen-bond donors (Lipinski definition) is 1. The van der Waals surface area contributed by atoms with Gasteiger partial charge >= 0.3 is 11.4 Å². The second-order valence-electron chi connectivity index (χ2n) is 5.95. The Kier molecular flexibility index (Phi) is 4.97. The Morgan fingerprint density at radius 1 is 1.08 bits per heavy atom. The summed E-state index contributed by atoms with van der Waals surface area (Å²) in [7, 11) is 0. The molecule has 0 bridgehead atoms. The van der Waals surface area contributed by atoms with Gasteiger partial charge in [-0.3, -0.25) is 4.57 Å². The van der Waals surface area contributed by atoms with Crippen molar-refractivity contribution in [2.75, 3.05) is 5.32 Å². The normalized spacial score (nSPS) is 10.7. The van der Waals surface area contributed by atoms with Gasteiger partial charge in [-0.2, -0.15) is 4.98 Å². The smallest absolute Gasteiger partial charge is 0.325 e. The van der Waals surface area contributed by atoms with Gasteiger partial charge in [0.05, 0.1) is 6.54 Å². The molecular weight excluding hydrogens is 335 g/mol. The number of aryl methyl sites for hydroxylation is 1. The summed E-state index contributed by atoms with van der Waals surface area (Å²) < 4.78 is 15.6. The largest absolute Gasteiger partial charge is 0.354 e. The van der Waals surface area contributed by atoms with Crippen LogP contribution in [-0.4, -0.2) is 14.1 Å². The van der Waals surface area contributed by atoms with E-state index in [1.165, 1.54) is 16.7 Å². The van der Waals surface area contributed by atoms with Crippen LogP contribution in [0.3, 0.4) is 0 Å². The third kappa shape index (κ3) is 3.72. The quantitative estimate of drug-likeness (QED) is 0.765. The molecule has 0 aliphatic heterocycles. The standard InChI is InChI=1S/C19H19FN4O2/c1-3-23-18(25)22-17(21-16-6-4-5-13(2)11-16)24(19(23)26)12-14-7-9-15(20)10-8-14/h4-11H,3,12H2,1-2H3,(H,21,22,25). The van der Waals surface area contributed by atoms with Crippen molar-refractivity contribution < 1.29 is 4.39 Å². The molecular formula is C19H19FN4O2. The highest BCUT2D eigenvalue weighted by Gasteiger charge is 2.13. The predicted octanol–water partition coefficient (Wildman–Crippen LogP) is 2.66. The van der Waals surface area contributed by atoms with Crippen LogP contribution < -0.4 is 16.7 Å². The molecule has 0 saturated heterocycles. The molecule has 134 valence electrons. The first-order valence-electron chi connectivity index (χ1n) is 8.27. The Bertz CT molecular complexity index is 1040. The van der Waals surface area contributed by atoms with E-state index in [1.54, 1.807) is 19.1 Å². The number of nitrogens with zero attached hydrogens (tertiary/aromatic N) is 3. The maximum absolute atomic E-state index is 13.1. The Hall–Kier alpha value is -3.22. The number of anilines is 2. The van der Waals surface area contributed by atoms with E-state index in [0.29, 0.717) is 0 Å². The second kappa shape index (κ2) is 7.35. The van der Waals surface area contributed by atoms with Crippen LogP contribution in [0.1, 0.15) is 18.1 Å². The van der Waals surface area contributed by atoms with E-state index in [0.717, 1.165) is 21.4 Å². The van der Waals surface area contributed by atoms with Crippen molar-refractivity contribution in [3.63, 3.8) is 0 Å². The molecule has 1 aromatic heterocycles. The van der Waals surface area contributed by atoms with Crippen LogP contribution in [0, 0.1) is 12.7 Å². The highest BCUT2D eigenvalue weighted by molar-refractivity contribution is 5.54. The van der Waals surface area contributed by atoms with Crippen molar-refractivity contribution in [1.29, 1.82) is 0 Å². The molecule has 0 saturated carbocycles. The summed E-state index contributed by atoms with van der Waals surface area (Å²) in [5.74, 6) is -0.199. The zero-order valence-corrected chi connectivity index (χ0v) is 14.6. The minimum Gasteiger partial charge on any atom is -0.325 e. The number of nitrogens with one attached hydrogen (secondary N) is 1.